The van der Waals surface area contributed by atoms with Crippen molar-refractivity contribution in [3.8, 4) is 11.3 Å². The zero-order chi connectivity index (χ0) is 26.6. The Labute approximate surface area is 244 Å². The van der Waals surface area contributed by atoms with Gasteiger partial charge in [0.25, 0.3) is 0 Å². The second kappa shape index (κ2) is 12.1. The third kappa shape index (κ3) is 6.00. The molecule has 0 amide bonds. The zero-order valence-electron chi connectivity index (χ0n) is 22.1. The standard InChI is InChI=1S/C33H34BrClN4/c34-29-22-36-39-32(21-31(38-33(29)39)27-16-7-8-17-30(27)35)37-26-15-9-10-23(18-19-26)20-28(24-11-3-1-4-12-24)25-13-5-2-6-14-25/h1,3-5,7-8,11-14,16-17,21-23,26,28,37H,2,6,9-10,15,18-20H2. The fourth-order valence-corrected chi connectivity index (χ4v) is 6.77. The van der Waals surface area contributed by atoms with E-state index in [0.717, 1.165) is 52.9 Å². The summed E-state index contributed by atoms with van der Waals surface area (Å²) in [4.78, 5) is 4.87. The van der Waals surface area contributed by atoms with Crippen LogP contribution in [-0.2, 0) is 0 Å². The van der Waals surface area contributed by atoms with E-state index in [1.54, 1.807) is 0 Å². The van der Waals surface area contributed by atoms with E-state index in [0.29, 0.717) is 22.9 Å². The summed E-state index contributed by atoms with van der Waals surface area (Å²) in [6, 6.07) is 21.5. The lowest BCUT2D eigenvalue weighted by molar-refractivity contribution is 0.405. The molecule has 0 spiro atoms. The Morgan fingerprint density at radius 3 is 2.67 bits per heavy atom. The van der Waals surface area contributed by atoms with Crippen LogP contribution in [0.5, 0.6) is 0 Å². The number of anilines is 1. The van der Waals surface area contributed by atoms with Crippen LogP contribution in [0.15, 0.2) is 95.1 Å². The molecule has 2 aromatic heterocycles. The van der Waals surface area contributed by atoms with Crippen molar-refractivity contribution in [1.82, 2.24) is 14.6 Å². The third-order valence-corrected chi connectivity index (χ3v) is 9.10. The summed E-state index contributed by atoms with van der Waals surface area (Å²) >= 11 is 10.2. The number of fused-ring (bicyclic) bond motifs is 1. The van der Waals surface area contributed by atoms with Gasteiger partial charge in [0.2, 0.25) is 0 Å². The number of nitrogens with zero attached hydrogens (tertiary/aromatic N) is 3. The topological polar surface area (TPSA) is 42.2 Å². The van der Waals surface area contributed by atoms with Crippen molar-refractivity contribution in [3.63, 3.8) is 0 Å². The molecule has 39 heavy (non-hydrogen) atoms. The molecule has 2 heterocycles. The SMILES string of the molecule is Clc1ccccc1-c1cc(NC2CCCC(CC(C3=CCCC=C3)c3ccccc3)CC2)n2ncc(Br)c2n1. The molecule has 1 fully saturated rings. The van der Waals surface area contributed by atoms with Gasteiger partial charge in [0.1, 0.15) is 5.82 Å². The van der Waals surface area contributed by atoms with Crippen LogP contribution in [0.2, 0.25) is 5.02 Å². The predicted octanol–water partition coefficient (Wildman–Crippen LogP) is 9.62. The Morgan fingerprint density at radius 1 is 1.00 bits per heavy atom. The molecule has 3 unspecified atom stereocenters. The number of hydrogen-bond acceptors (Lipinski definition) is 3. The molecule has 3 atom stereocenters. The van der Waals surface area contributed by atoms with Crippen LogP contribution in [0, 0.1) is 5.92 Å². The van der Waals surface area contributed by atoms with E-state index in [9.17, 15) is 0 Å². The molecule has 2 aromatic carbocycles. The molecule has 0 saturated heterocycles. The monoisotopic (exact) mass is 600 g/mol. The highest BCUT2D eigenvalue weighted by atomic mass is 79.9. The lowest BCUT2D eigenvalue weighted by Crippen LogP contribution is -2.21. The molecule has 0 radical (unpaired) electrons. The minimum absolute atomic E-state index is 0.395. The minimum Gasteiger partial charge on any atom is -0.367 e. The van der Waals surface area contributed by atoms with Gasteiger partial charge in [-0.3, -0.25) is 0 Å². The summed E-state index contributed by atoms with van der Waals surface area (Å²) in [6.07, 6.45) is 18.6. The van der Waals surface area contributed by atoms with Gasteiger partial charge >= 0.3 is 0 Å². The van der Waals surface area contributed by atoms with Crippen LogP contribution in [0.1, 0.15) is 62.8 Å². The molecule has 1 saturated carbocycles. The molecule has 2 aliphatic carbocycles. The Hall–Kier alpha value is -2.89. The maximum atomic E-state index is 6.54. The fourth-order valence-electron chi connectivity index (χ4n) is 6.19. The third-order valence-electron chi connectivity index (χ3n) is 8.22. The van der Waals surface area contributed by atoms with Crippen LogP contribution in [-0.4, -0.2) is 20.6 Å². The molecule has 0 bridgehead atoms. The molecule has 4 nitrogen and oxygen atoms in total. The van der Waals surface area contributed by atoms with Crippen molar-refractivity contribution >= 4 is 39.0 Å². The van der Waals surface area contributed by atoms with Crippen molar-refractivity contribution < 1.29 is 0 Å². The van der Waals surface area contributed by atoms with Gasteiger partial charge in [-0.25, -0.2) is 4.98 Å². The molecule has 0 aliphatic heterocycles. The van der Waals surface area contributed by atoms with Gasteiger partial charge in [-0.05, 0) is 77.6 Å². The van der Waals surface area contributed by atoms with E-state index in [4.69, 9.17) is 16.6 Å². The molecule has 6 rings (SSSR count). The quantitative estimate of drug-likeness (QED) is 0.214. The Kier molecular flexibility index (Phi) is 8.17. The first kappa shape index (κ1) is 26.3. The normalized spacial score (nSPS) is 20.4. The highest BCUT2D eigenvalue weighted by Gasteiger charge is 2.25. The molecule has 1 N–H and O–H groups in total. The van der Waals surface area contributed by atoms with Crippen molar-refractivity contribution in [3.05, 3.63) is 106 Å². The van der Waals surface area contributed by atoms with Crippen molar-refractivity contribution in [2.24, 2.45) is 5.92 Å². The van der Waals surface area contributed by atoms with Crippen molar-refractivity contribution in [1.29, 1.82) is 0 Å². The second-order valence-electron chi connectivity index (χ2n) is 10.8. The minimum atomic E-state index is 0.395. The average molecular weight is 602 g/mol. The summed E-state index contributed by atoms with van der Waals surface area (Å²) in [5, 5.41) is 9.15. The van der Waals surface area contributed by atoms with Crippen LogP contribution >= 0.6 is 27.5 Å². The summed E-state index contributed by atoms with van der Waals surface area (Å²) in [6.45, 7) is 0. The Morgan fingerprint density at radius 2 is 1.85 bits per heavy atom. The predicted molar refractivity (Wildman–Crippen MR) is 165 cm³/mol. The molecule has 4 aromatic rings. The number of benzene rings is 2. The first-order chi connectivity index (χ1) is 19.2. The summed E-state index contributed by atoms with van der Waals surface area (Å²) in [5.74, 6) is 2.16. The Balaban J connectivity index is 1.20. The fraction of sp³-hybridized carbons (Fsp3) is 0.333. The lowest BCUT2D eigenvalue weighted by Gasteiger charge is -2.26. The molecular formula is C33H34BrClN4. The van der Waals surface area contributed by atoms with E-state index >= 15 is 0 Å². The number of halogens is 2. The second-order valence-corrected chi connectivity index (χ2v) is 12.1. The number of aromatic nitrogens is 3. The van der Waals surface area contributed by atoms with Crippen LogP contribution < -0.4 is 5.32 Å². The summed E-state index contributed by atoms with van der Waals surface area (Å²) in [7, 11) is 0. The van der Waals surface area contributed by atoms with E-state index < -0.39 is 0 Å². The van der Waals surface area contributed by atoms with Crippen molar-refractivity contribution in [2.75, 3.05) is 5.32 Å². The van der Waals surface area contributed by atoms with E-state index in [2.05, 4.69) is 81.0 Å². The highest BCUT2D eigenvalue weighted by Crippen LogP contribution is 2.39. The van der Waals surface area contributed by atoms with Gasteiger partial charge < -0.3 is 5.32 Å². The van der Waals surface area contributed by atoms with Gasteiger partial charge in [-0.15, -0.1) is 0 Å². The largest absolute Gasteiger partial charge is 0.367 e. The molecule has 2 aliphatic rings. The van der Waals surface area contributed by atoms with Gasteiger partial charge in [-0.2, -0.15) is 9.61 Å². The Bertz CT molecular complexity index is 1490. The van der Waals surface area contributed by atoms with Crippen LogP contribution in [0.3, 0.4) is 0 Å². The van der Waals surface area contributed by atoms with Crippen LogP contribution in [0.4, 0.5) is 5.82 Å². The van der Waals surface area contributed by atoms with Gasteiger partial charge in [0.15, 0.2) is 5.65 Å². The summed E-state index contributed by atoms with van der Waals surface area (Å²) in [5.41, 5.74) is 5.52. The van der Waals surface area contributed by atoms with Crippen molar-refractivity contribution in [2.45, 2.75) is 63.3 Å². The lowest BCUT2D eigenvalue weighted by atomic mass is 9.79. The van der Waals surface area contributed by atoms with Crippen LogP contribution in [0.25, 0.3) is 16.9 Å². The molecule has 6 heteroatoms. The number of rotatable bonds is 7. The number of nitrogens with one attached hydrogen (secondary N) is 1. The first-order valence-corrected chi connectivity index (χ1v) is 15.3. The maximum absolute atomic E-state index is 6.54. The molecular weight excluding hydrogens is 568 g/mol. The average Bonchev–Trinajstić information content (AvgIpc) is 3.21. The molecule has 200 valence electrons. The van der Waals surface area contributed by atoms with E-state index in [1.165, 1.54) is 36.8 Å². The maximum Gasteiger partial charge on any atom is 0.172 e. The van der Waals surface area contributed by atoms with Gasteiger partial charge in [-0.1, -0.05) is 91.2 Å². The van der Waals surface area contributed by atoms with Gasteiger partial charge in [0, 0.05) is 28.6 Å². The number of allylic oxidation sites excluding steroid dienone is 4. The van der Waals surface area contributed by atoms with E-state index in [1.807, 2.05) is 35.0 Å². The zero-order valence-corrected chi connectivity index (χ0v) is 24.4. The van der Waals surface area contributed by atoms with E-state index in [-0.39, 0.29) is 0 Å². The first-order valence-electron chi connectivity index (χ1n) is 14.1. The van der Waals surface area contributed by atoms with Gasteiger partial charge in [0.05, 0.1) is 16.4 Å². The summed E-state index contributed by atoms with van der Waals surface area (Å²) < 4.78 is 2.78. The number of hydrogen-bond donors (Lipinski definition) is 1. The smallest absolute Gasteiger partial charge is 0.172 e. The highest BCUT2D eigenvalue weighted by molar-refractivity contribution is 9.10.